The van der Waals surface area contributed by atoms with Crippen LogP contribution in [0.1, 0.15) is 46.9 Å². The lowest BCUT2D eigenvalue weighted by atomic mass is 9.94. The summed E-state index contributed by atoms with van der Waals surface area (Å²) in [4.78, 5) is 23.7. The second-order valence-electron chi connectivity index (χ2n) is 8.36. The van der Waals surface area contributed by atoms with E-state index in [0.717, 1.165) is 33.5 Å². The summed E-state index contributed by atoms with van der Waals surface area (Å²) in [6.07, 6.45) is 0. The molecule has 2 unspecified atom stereocenters. The Kier molecular flexibility index (Phi) is 7.84. The molecule has 0 spiro atoms. The molecular weight excluding hydrogens is 452 g/mol. The molecule has 3 aromatic carbocycles. The zero-order valence-corrected chi connectivity index (χ0v) is 20.7. The summed E-state index contributed by atoms with van der Waals surface area (Å²) in [5.74, 6) is -0.825. The van der Waals surface area contributed by atoms with E-state index in [9.17, 15) is 9.59 Å². The van der Waals surface area contributed by atoms with Crippen LogP contribution in [0.25, 0.3) is 11.1 Å². The number of anilines is 1. The van der Waals surface area contributed by atoms with Crippen molar-refractivity contribution in [2.75, 3.05) is 12.4 Å². The molecule has 0 heterocycles. The van der Waals surface area contributed by atoms with E-state index in [1.165, 1.54) is 6.92 Å². The molecule has 0 radical (unpaired) electrons. The second-order valence-corrected chi connectivity index (χ2v) is 8.77. The number of carbonyl (C=O) groups excluding carboxylic acids is 1. The van der Waals surface area contributed by atoms with Crippen LogP contribution >= 0.6 is 11.6 Å². The van der Waals surface area contributed by atoms with Gasteiger partial charge >= 0.3 is 5.97 Å². The third-order valence-corrected chi connectivity index (χ3v) is 6.03. The van der Waals surface area contributed by atoms with Crippen LogP contribution in [0.15, 0.2) is 54.6 Å². The Morgan fingerprint density at radius 1 is 0.971 bits per heavy atom. The summed E-state index contributed by atoms with van der Waals surface area (Å²) in [7, 11) is 1.59. The number of carbonyl (C=O) groups is 2. The molecule has 3 rings (SSSR count). The maximum Gasteiger partial charge on any atom is 0.325 e. The number of halogens is 1. The number of hydrogen-bond donors (Lipinski definition) is 3. The van der Waals surface area contributed by atoms with E-state index in [1.54, 1.807) is 7.11 Å². The fourth-order valence-corrected chi connectivity index (χ4v) is 4.16. The lowest BCUT2D eigenvalue weighted by Gasteiger charge is -2.18. The molecule has 3 aromatic rings. The monoisotopic (exact) mass is 480 g/mol. The van der Waals surface area contributed by atoms with E-state index in [0.29, 0.717) is 16.3 Å². The van der Waals surface area contributed by atoms with Crippen LogP contribution in [-0.2, 0) is 4.79 Å². The van der Waals surface area contributed by atoms with E-state index in [-0.39, 0.29) is 11.9 Å². The third kappa shape index (κ3) is 5.69. The number of rotatable bonds is 8. The van der Waals surface area contributed by atoms with Gasteiger partial charge in [0.1, 0.15) is 11.8 Å². The molecule has 0 aromatic heterocycles. The van der Waals surface area contributed by atoms with Gasteiger partial charge in [-0.15, -0.1) is 0 Å². The Bertz CT molecular complexity index is 1200. The smallest absolute Gasteiger partial charge is 0.325 e. The predicted octanol–water partition coefficient (Wildman–Crippen LogP) is 6.01. The van der Waals surface area contributed by atoms with Crippen molar-refractivity contribution in [1.29, 1.82) is 0 Å². The number of carboxylic acids is 1. The van der Waals surface area contributed by atoms with Gasteiger partial charge < -0.3 is 20.5 Å². The topological polar surface area (TPSA) is 87.7 Å². The third-order valence-electron chi connectivity index (χ3n) is 5.73. The maximum absolute atomic E-state index is 12.6. The highest BCUT2D eigenvalue weighted by Gasteiger charge is 2.19. The Morgan fingerprint density at radius 3 is 2.24 bits per heavy atom. The summed E-state index contributed by atoms with van der Waals surface area (Å²) in [5, 5.41) is 15.7. The number of benzene rings is 3. The zero-order chi connectivity index (χ0) is 25.0. The van der Waals surface area contributed by atoms with Crippen molar-refractivity contribution in [1.82, 2.24) is 5.32 Å². The van der Waals surface area contributed by atoms with Crippen molar-refractivity contribution in [2.24, 2.45) is 0 Å². The average molecular weight is 481 g/mol. The van der Waals surface area contributed by atoms with Gasteiger partial charge in [-0.1, -0.05) is 41.9 Å². The Morgan fingerprint density at radius 2 is 1.65 bits per heavy atom. The van der Waals surface area contributed by atoms with Gasteiger partial charge in [0.25, 0.3) is 5.91 Å². The Balaban J connectivity index is 1.83. The van der Waals surface area contributed by atoms with Gasteiger partial charge in [-0.25, -0.2) is 0 Å². The molecule has 34 heavy (non-hydrogen) atoms. The molecule has 6 nitrogen and oxygen atoms in total. The van der Waals surface area contributed by atoms with Crippen molar-refractivity contribution >= 4 is 29.2 Å². The summed E-state index contributed by atoms with van der Waals surface area (Å²) < 4.78 is 5.23. The number of aliphatic carboxylic acids is 1. The molecule has 0 aliphatic carbocycles. The molecule has 3 N–H and O–H groups in total. The lowest BCUT2D eigenvalue weighted by molar-refractivity contribution is -0.138. The fraction of sp³-hybridized carbons (Fsp3) is 0.259. The number of ether oxygens (including phenoxy) is 1. The first-order chi connectivity index (χ1) is 16.1. The highest BCUT2D eigenvalue weighted by Crippen LogP contribution is 2.31. The van der Waals surface area contributed by atoms with E-state index in [1.807, 2.05) is 62.4 Å². The molecule has 0 aliphatic rings. The van der Waals surface area contributed by atoms with Crippen molar-refractivity contribution in [3.8, 4) is 16.9 Å². The molecule has 0 saturated carbocycles. The average Bonchev–Trinajstić information content (AvgIpc) is 2.78. The highest BCUT2D eigenvalue weighted by atomic mass is 35.5. The molecule has 0 fully saturated rings. The molecule has 7 heteroatoms. The van der Waals surface area contributed by atoms with Crippen LogP contribution in [0.4, 0.5) is 5.69 Å². The first kappa shape index (κ1) is 25.1. The molecule has 0 aliphatic heterocycles. The SMILES string of the molecule is COc1ccc(C(C)Nc2cccc(-c3cc(C)c(C(=O)NC(C)C(=O)O)c(C)c3)c2)cc1Cl. The minimum atomic E-state index is -1.07. The summed E-state index contributed by atoms with van der Waals surface area (Å²) in [5.41, 5.74) is 6.02. The lowest BCUT2D eigenvalue weighted by Crippen LogP contribution is -2.38. The van der Waals surface area contributed by atoms with Gasteiger partial charge in [0.05, 0.1) is 12.1 Å². The normalized spacial score (nSPS) is 12.5. The Labute approximate surface area is 204 Å². The van der Waals surface area contributed by atoms with Gasteiger partial charge in [-0.05, 0) is 79.8 Å². The van der Waals surface area contributed by atoms with Gasteiger partial charge in [-0.2, -0.15) is 0 Å². The number of aryl methyl sites for hydroxylation is 2. The second kappa shape index (κ2) is 10.6. The Hall–Kier alpha value is -3.51. The molecular formula is C27H29ClN2O4. The van der Waals surface area contributed by atoms with Crippen molar-refractivity contribution in [3.05, 3.63) is 81.9 Å². The van der Waals surface area contributed by atoms with E-state index in [2.05, 4.69) is 23.6 Å². The molecule has 2 atom stereocenters. The van der Waals surface area contributed by atoms with Crippen LogP contribution in [0, 0.1) is 13.8 Å². The predicted molar refractivity (Wildman–Crippen MR) is 136 cm³/mol. The molecule has 0 saturated heterocycles. The number of methoxy groups -OCH3 is 1. The number of nitrogens with one attached hydrogen (secondary N) is 2. The minimum Gasteiger partial charge on any atom is -0.495 e. The highest BCUT2D eigenvalue weighted by molar-refractivity contribution is 6.32. The van der Waals surface area contributed by atoms with Gasteiger partial charge in [-0.3, -0.25) is 9.59 Å². The maximum atomic E-state index is 12.6. The van der Waals surface area contributed by atoms with Crippen molar-refractivity contribution in [2.45, 2.75) is 39.8 Å². The van der Waals surface area contributed by atoms with Crippen LogP contribution in [0.2, 0.25) is 5.02 Å². The van der Waals surface area contributed by atoms with Crippen LogP contribution in [0.3, 0.4) is 0 Å². The minimum absolute atomic E-state index is 0.0180. The van der Waals surface area contributed by atoms with Crippen LogP contribution in [-0.4, -0.2) is 30.1 Å². The van der Waals surface area contributed by atoms with Gasteiger partial charge in [0.2, 0.25) is 0 Å². The van der Waals surface area contributed by atoms with Gasteiger partial charge in [0, 0.05) is 17.3 Å². The standard InChI is InChI=1S/C27H29ClN2O4/c1-15-11-21(12-16(2)25(15)26(31)30-18(4)27(32)33)20-7-6-8-22(13-20)29-17(3)19-9-10-24(34-5)23(28)14-19/h6-14,17-18,29H,1-5H3,(H,30,31)(H,32,33). The van der Waals surface area contributed by atoms with Gasteiger partial charge in [0.15, 0.2) is 0 Å². The van der Waals surface area contributed by atoms with Crippen LogP contribution < -0.4 is 15.4 Å². The molecule has 178 valence electrons. The van der Waals surface area contributed by atoms with Crippen molar-refractivity contribution < 1.29 is 19.4 Å². The largest absolute Gasteiger partial charge is 0.495 e. The van der Waals surface area contributed by atoms with Crippen molar-refractivity contribution in [3.63, 3.8) is 0 Å². The first-order valence-electron chi connectivity index (χ1n) is 11.0. The molecule has 0 bridgehead atoms. The zero-order valence-electron chi connectivity index (χ0n) is 19.9. The first-order valence-corrected chi connectivity index (χ1v) is 11.3. The van der Waals surface area contributed by atoms with Crippen LogP contribution in [0.5, 0.6) is 5.75 Å². The van der Waals surface area contributed by atoms with E-state index in [4.69, 9.17) is 21.4 Å². The fourth-order valence-electron chi connectivity index (χ4n) is 3.89. The van der Waals surface area contributed by atoms with E-state index < -0.39 is 12.0 Å². The summed E-state index contributed by atoms with van der Waals surface area (Å²) in [6.45, 7) is 7.21. The summed E-state index contributed by atoms with van der Waals surface area (Å²) >= 11 is 6.28. The quantitative estimate of drug-likeness (QED) is 0.367. The number of amides is 1. The summed E-state index contributed by atoms with van der Waals surface area (Å²) in [6, 6.07) is 16.7. The number of carboxylic acid groups (broad SMARTS) is 1. The molecule has 1 amide bonds. The van der Waals surface area contributed by atoms with E-state index >= 15 is 0 Å². The number of hydrogen-bond acceptors (Lipinski definition) is 4.